The van der Waals surface area contributed by atoms with Gasteiger partial charge in [0, 0.05) is 72.5 Å². The van der Waals surface area contributed by atoms with Crippen molar-refractivity contribution >= 4 is 44.6 Å². The zero-order chi connectivity index (χ0) is 59.0. The summed E-state index contributed by atoms with van der Waals surface area (Å²) in [6, 6.07) is 46.8. The second-order valence-corrected chi connectivity index (χ2v) is 23.4. The minimum atomic E-state index is -0.851. The van der Waals surface area contributed by atoms with Crippen LogP contribution in [0.3, 0.4) is 0 Å². The van der Waals surface area contributed by atoms with Crippen LogP contribution in [-0.2, 0) is 42.7 Å². The van der Waals surface area contributed by atoms with E-state index in [1.165, 1.54) is 16.7 Å². The van der Waals surface area contributed by atoms with Crippen LogP contribution in [0.15, 0.2) is 182 Å². The molecule has 1 aliphatic heterocycles. The van der Waals surface area contributed by atoms with Gasteiger partial charge in [0.05, 0.1) is 11.0 Å². The predicted octanol–water partition coefficient (Wildman–Crippen LogP) is 18.9. The van der Waals surface area contributed by atoms with E-state index < -0.39 is 35.6 Å². The van der Waals surface area contributed by atoms with E-state index in [0.29, 0.717) is 28.4 Å². The average Bonchev–Trinajstić information content (AvgIpc) is 1.29. The third-order valence-corrected chi connectivity index (χ3v) is 15.2. The molecule has 76 heavy (non-hydrogen) atoms. The fraction of sp³-hybridized carbons (Fsp3) is 0.229. The number of benzene rings is 8. The molecule has 0 saturated carbocycles. The number of aromatic nitrogens is 2. The van der Waals surface area contributed by atoms with Gasteiger partial charge in [-0.3, -0.25) is 0 Å². The van der Waals surface area contributed by atoms with E-state index in [1.807, 2.05) is 106 Å². The molecule has 6 heteroatoms. The molecule has 5 nitrogen and oxygen atoms in total. The Hall–Kier alpha value is -7.20. The van der Waals surface area contributed by atoms with Gasteiger partial charge in [-0.1, -0.05) is 184 Å². The van der Waals surface area contributed by atoms with Crippen LogP contribution in [0.25, 0.3) is 61.0 Å². The minimum absolute atomic E-state index is 0. The van der Waals surface area contributed by atoms with Crippen molar-refractivity contribution in [3.63, 3.8) is 0 Å². The van der Waals surface area contributed by atoms with Crippen molar-refractivity contribution in [2.45, 2.75) is 104 Å². The normalized spacial score (nSPS) is 16.3. The van der Waals surface area contributed by atoms with E-state index in [2.05, 4.69) is 130 Å². The molecular formula is C70H65N4OPt-3. The second kappa shape index (κ2) is 19.1. The molecule has 10 aromatic rings. The van der Waals surface area contributed by atoms with Gasteiger partial charge in [0.25, 0.3) is 0 Å². The van der Waals surface area contributed by atoms with E-state index in [1.54, 1.807) is 0 Å². The van der Waals surface area contributed by atoms with E-state index in [-0.39, 0.29) is 77.7 Å². The Labute approximate surface area is 475 Å². The first-order chi connectivity index (χ1) is 39.3. The number of hydrogen-bond donors (Lipinski definition) is 0. The maximum Gasteiger partial charge on any atom is 0.135 e. The maximum absolute atomic E-state index is 10.2. The Morgan fingerprint density at radius 1 is 0.579 bits per heavy atom. The van der Waals surface area contributed by atoms with Crippen LogP contribution in [0.2, 0.25) is 0 Å². The summed E-state index contributed by atoms with van der Waals surface area (Å²) in [5, 5.41) is 2.10. The summed E-state index contributed by atoms with van der Waals surface area (Å²) in [5.41, 5.74) is 9.69. The van der Waals surface area contributed by atoms with Gasteiger partial charge in [-0.2, -0.15) is 12.1 Å². The van der Waals surface area contributed by atoms with Crippen molar-refractivity contribution in [3.8, 4) is 50.7 Å². The first kappa shape index (κ1) is 42.0. The van der Waals surface area contributed by atoms with E-state index in [9.17, 15) is 4.11 Å². The molecule has 0 radical (unpaired) electrons. The molecule has 0 fully saturated rings. The predicted molar refractivity (Wildman–Crippen MR) is 313 cm³/mol. The third kappa shape index (κ3) is 9.15. The summed E-state index contributed by atoms with van der Waals surface area (Å²) >= 11 is 0. The van der Waals surface area contributed by atoms with Crippen molar-refractivity contribution < 1.29 is 36.8 Å². The molecule has 0 amide bonds. The Morgan fingerprint density at radius 2 is 1.24 bits per heavy atom. The molecule has 384 valence electrons. The molecule has 8 aromatic carbocycles. The molecule has 3 heterocycles. The van der Waals surface area contributed by atoms with Crippen molar-refractivity contribution in [2.24, 2.45) is 0 Å². The summed E-state index contributed by atoms with van der Waals surface area (Å²) < 4.78 is 83.1. The molecule has 0 unspecified atom stereocenters. The Kier molecular flexibility index (Phi) is 10.6. The van der Waals surface area contributed by atoms with Crippen LogP contribution in [0.4, 0.5) is 22.7 Å². The molecule has 12 rings (SSSR count). The van der Waals surface area contributed by atoms with E-state index in [0.717, 1.165) is 63.0 Å². The summed E-state index contributed by atoms with van der Waals surface area (Å²) in [6.45, 7) is 23.5. The summed E-state index contributed by atoms with van der Waals surface area (Å²) in [4.78, 5) is 9.01. The fourth-order valence-corrected chi connectivity index (χ4v) is 10.9. The zero-order valence-electron chi connectivity index (χ0n) is 52.7. The Balaban J connectivity index is 0.00000736. The monoisotopic (exact) mass is 1180 g/mol. The number of para-hydroxylation sites is 4. The zero-order valence-corrected chi connectivity index (χ0v) is 47.0. The standard InChI is InChI=1S/C70H65N4O.Pt/c1-67(2,3)50-34-37-71-65(42-50)74-61-27-15-14-24-57(61)58-32-31-54(44-64(58)74)75-53-23-18-22-52(43-53)72-45-73(63-29-17-16-28-62(63)72)66-55(47-30-33-59-60(41-47)70(9,10)36-35-69(59,7)8)25-19-26-56(66)49-38-48(46-20-12-11-13-21-46)39-51(40-49)68(4,5)6;/h11-34,37-42,45H,35-36H2,1-10H3;/q-3;/i11D,12D,13D,20D,21D,38D,39D,40D;. The van der Waals surface area contributed by atoms with Gasteiger partial charge in [-0.25, -0.2) is 4.98 Å². The molecule has 0 bridgehead atoms. The van der Waals surface area contributed by atoms with Crippen LogP contribution in [-0.4, -0.2) is 9.55 Å². The largest absolute Gasteiger partial charge is 0.509 e. The Morgan fingerprint density at radius 3 is 1.99 bits per heavy atom. The Bertz CT molecular complexity index is 4300. The van der Waals surface area contributed by atoms with Crippen molar-refractivity contribution in [3.05, 3.63) is 223 Å². The fourth-order valence-electron chi connectivity index (χ4n) is 10.9. The molecular weight excluding hydrogens is 1110 g/mol. The van der Waals surface area contributed by atoms with Crippen LogP contribution < -0.4 is 14.5 Å². The molecule has 1 aliphatic carbocycles. The third-order valence-electron chi connectivity index (χ3n) is 15.2. The quantitative estimate of drug-likeness (QED) is 0.142. The van der Waals surface area contributed by atoms with Crippen LogP contribution in [0.1, 0.15) is 115 Å². The van der Waals surface area contributed by atoms with Crippen LogP contribution in [0.5, 0.6) is 11.5 Å². The number of rotatable bonds is 8. The maximum atomic E-state index is 10.2. The number of anilines is 4. The molecule has 0 spiro atoms. The molecule has 0 saturated heterocycles. The first-order valence-electron chi connectivity index (χ1n) is 29.9. The van der Waals surface area contributed by atoms with Crippen molar-refractivity contribution in [1.29, 1.82) is 0 Å². The summed E-state index contributed by atoms with van der Waals surface area (Å²) in [6.07, 6.45) is 3.92. The van der Waals surface area contributed by atoms with Gasteiger partial charge in [0.15, 0.2) is 0 Å². The number of pyridine rings is 1. The summed E-state index contributed by atoms with van der Waals surface area (Å²) in [5.74, 6) is 1.75. The number of fused-ring (bicyclic) bond motifs is 5. The average molecular weight is 1180 g/mol. The van der Waals surface area contributed by atoms with Gasteiger partial charge in [-0.15, -0.1) is 48.1 Å². The van der Waals surface area contributed by atoms with Gasteiger partial charge in [0.2, 0.25) is 0 Å². The number of ether oxygens (including phenoxy) is 1. The number of hydrogen-bond acceptors (Lipinski definition) is 4. The number of nitrogens with zero attached hydrogens (tertiary/aromatic N) is 4. The van der Waals surface area contributed by atoms with Crippen molar-refractivity contribution in [1.82, 2.24) is 9.55 Å². The van der Waals surface area contributed by atoms with Crippen molar-refractivity contribution in [2.75, 3.05) is 9.80 Å². The molecule has 0 N–H and O–H groups in total. The second-order valence-electron chi connectivity index (χ2n) is 23.4. The summed E-state index contributed by atoms with van der Waals surface area (Å²) in [7, 11) is 0. The van der Waals surface area contributed by atoms with Gasteiger partial charge in [-0.05, 0) is 121 Å². The molecule has 0 atom stereocenters. The topological polar surface area (TPSA) is 33.5 Å². The first-order valence-corrected chi connectivity index (χ1v) is 25.9. The van der Waals surface area contributed by atoms with Crippen LogP contribution in [0, 0.1) is 18.8 Å². The molecule has 2 aromatic heterocycles. The van der Waals surface area contributed by atoms with E-state index >= 15 is 0 Å². The SMILES string of the molecule is [2H]c1c([2H])c([2H])c(-c2c([2H])c(-c3cccc(-c4ccc5c(c4)C(C)(C)CCC5(C)C)c3N3[CH-]N(c4[c-]c(Oc5[c-]c6c(cc5)c5ccccc5n6-c5cc(C(C)(C)C)ccn5)ccc4)c4ccccc43)c([2H])c(C(C)(C)C)c2[2H])c([2H])c1[2H].[Pt]. The smallest absolute Gasteiger partial charge is 0.135 e. The van der Waals surface area contributed by atoms with Gasteiger partial charge in [0.1, 0.15) is 5.82 Å². The van der Waals surface area contributed by atoms with Gasteiger partial charge >= 0.3 is 0 Å². The van der Waals surface area contributed by atoms with E-state index in [4.69, 9.17) is 16.6 Å². The van der Waals surface area contributed by atoms with Gasteiger partial charge < -0.3 is 19.1 Å². The molecule has 2 aliphatic rings. The minimum Gasteiger partial charge on any atom is -0.509 e. The van der Waals surface area contributed by atoms with Crippen LogP contribution >= 0.6 is 0 Å².